The van der Waals surface area contributed by atoms with E-state index in [2.05, 4.69) is 15.6 Å². The topological polar surface area (TPSA) is 106 Å². The monoisotopic (exact) mass is 501 g/mol. The molecule has 1 fully saturated rings. The van der Waals surface area contributed by atoms with Crippen LogP contribution in [-0.4, -0.2) is 50.9 Å². The SMILES string of the molecule is COc1ccccc1CNC(=O)[C@]1(C)Cn2cnc(C(=O)Nc3cccc(C)c3C)c2C(=O)N1C1CC1. The summed E-state index contributed by atoms with van der Waals surface area (Å²) in [6.45, 7) is 6.15. The molecule has 0 radical (unpaired) electrons. The minimum Gasteiger partial charge on any atom is -0.496 e. The predicted octanol–water partition coefficient (Wildman–Crippen LogP) is 3.45. The van der Waals surface area contributed by atoms with E-state index in [1.54, 1.807) is 23.5 Å². The fourth-order valence-corrected chi connectivity index (χ4v) is 5.00. The molecule has 3 amide bonds. The number of imidazole rings is 1. The predicted molar refractivity (Wildman–Crippen MR) is 139 cm³/mol. The van der Waals surface area contributed by atoms with E-state index in [9.17, 15) is 14.4 Å². The van der Waals surface area contributed by atoms with E-state index in [1.165, 1.54) is 6.33 Å². The average molecular weight is 502 g/mol. The van der Waals surface area contributed by atoms with E-state index in [1.807, 2.05) is 56.3 Å². The van der Waals surface area contributed by atoms with Crippen LogP contribution in [0.15, 0.2) is 48.8 Å². The lowest BCUT2D eigenvalue weighted by Gasteiger charge is -2.44. The van der Waals surface area contributed by atoms with Crippen molar-refractivity contribution in [3.63, 3.8) is 0 Å². The van der Waals surface area contributed by atoms with Crippen LogP contribution >= 0.6 is 0 Å². The molecule has 2 aromatic carbocycles. The average Bonchev–Trinajstić information content (AvgIpc) is 3.62. The van der Waals surface area contributed by atoms with Crippen molar-refractivity contribution in [2.45, 2.75) is 58.3 Å². The Hall–Kier alpha value is -4.14. The Morgan fingerprint density at radius 2 is 1.89 bits per heavy atom. The van der Waals surface area contributed by atoms with Gasteiger partial charge in [0.1, 0.15) is 17.0 Å². The number of aromatic nitrogens is 2. The normalized spacial score (nSPS) is 18.8. The molecule has 192 valence electrons. The zero-order valence-corrected chi connectivity index (χ0v) is 21.5. The molecule has 0 unspecified atom stereocenters. The van der Waals surface area contributed by atoms with Crippen LogP contribution in [0.2, 0.25) is 0 Å². The zero-order chi connectivity index (χ0) is 26.3. The van der Waals surface area contributed by atoms with Gasteiger partial charge in [-0.3, -0.25) is 14.4 Å². The summed E-state index contributed by atoms with van der Waals surface area (Å²) in [5.74, 6) is -0.384. The van der Waals surface area contributed by atoms with Gasteiger partial charge in [-0.15, -0.1) is 0 Å². The number of methoxy groups -OCH3 is 1. The molecule has 1 atom stereocenters. The summed E-state index contributed by atoms with van der Waals surface area (Å²) in [6, 6.07) is 13.1. The van der Waals surface area contributed by atoms with Crippen LogP contribution in [0.25, 0.3) is 0 Å². The van der Waals surface area contributed by atoms with Gasteiger partial charge in [0.2, 0.25) is 5.91 Å². The van der Waals surface area contributed by atoms with E-state index in [0.717, 1.165) is 29.5 Å². The number of carbonyl (C=O) groups is 3. The molecule has 37 heavy (non-hydrogen) atoms. The number of benzene rings is 2. The summed E-state index contributed by atoms with van der Waals surface area (Å²) in [7, 11) is 1.59. The molecule has 1 aliphatic carbocycles. The second kappa shape index (κ2) is 9.38. The van der Waals surface area contributed by atoms with Gasteiger partial charge in [-0.05, 0) is 56.9 Å². The molecule has 3 aromatic rings. The number of para-hydroxylation sites is 1. The first kappa shape index (κ1) is 24.5. The summed E-state index contributed by atoms with van der Waals surface area (Å²) in [6.07, 6.45) is 3.11. The molecule has 2 aliphatic rings. The molecule has 2 N–H and O–H groups in total. The molecule has 0 saturated heterocycles. The van der Waals surface area contributed by atoms with Crippen LogP contribution in [0.3, 0.4) is 0 Å². The molecule has 1 saturated carbocycles. The number of hydrogen-bond donors (Lipinski definition) is 2. The van der Waals surface area contributed by atoms with Crippen LogP contribution in [0.1, 0.15) is 57.4 Å². The summed E-state index contributed by atoms with van der Waals surface area (Å²) in [4.78, 5) is 46.6. The molecule has 9 nitrogen and oxygen atoms in total. The minimum atomic E-state index is -1.13. The highest BCUT2D eigenvalue weighted by molar-refractivity contribution is 6.12. The summed E-state index contributed by atoms with van der Waals surface area (Å²) in [5.41, 5.74) is 2.67. The third-order valence-electron chi connectivity index (χ3n) is 7.37. The van der Waals surface area contributed by atoms with Gasteiger partial charge >= 0.3 is 0 Å². The Morgan fingerprint density at radius 3 is 2.62 bits per heavy atom. The van der Waals surface area contributed by atoms with Gasteiger partial charge in [0.05, 0.1) is 20.0 Å². The fourth-order valence-electron chi connectivity index (χ4n) is 5.00. The van der Waals surface area contributed by atoms with Gasteiger partial charge in [0, 0.05) is 23.8 Å². The smallest absolute Gasteiger partial charge is 0.276 e. The maximum absolute atomic E-state index is 13.8. The second-order valence-electron chi connectivity index (χ2n) is 9.95. The van der Waals surface area contributed by atoms with Gasteiger partial charge in [-0.25, -0.2) is 4.98 Å². The van der Waals surface area contributed by atoms with Crippen LogP contribution in [0.5, 0.6) is 5.75 Å². The number of aryl methyl sites for hydroxylation is 1. The van der Waals surface area contributed by atoms with Crippen molar-refractivity contribution in [2.75, 3.05) is 12.4 Å². The number of nitrogens with one attached hydrogen (secondary N) is 2. The minimum absolute atomic E-state index is 0.0481. The maximum atomic E-state index is 13.8. The highest BCUT2D eigenvalue weighted by Gasteiger charge is 2.53. The van der Waals surface area contributed by atoms with Gasteiger partial charge in [0.25, 0.3) is 11.8 Å². The fraction of sp³-hybridized carbons (Fsp3) is 0.357. The number of carbonyl (C=O) groups excluding carboxylic acids is 3. The second-order valence-corrected chi connectivity index (χ2v) is 9.95. The number of nitrogens with zero attached hydrogens (tertiary/aromatic N) is 3. The van der Waals surface area contributed by atoms with Gasteiger partial charge in [-0.2, -0.15) is 0 Å². The molecule has 0 bridgehead atoms. The summed E-state index contributed by atoms with van der Waals surface area (Å²) >= 11 is 0. The third-order valence-corrected chi connectivity index (χ3v) is 7.37. The lowest BCUT2D eigenvalue weighted by Crippen LogP contribution is -2.64. The van der Waals surface area contributed by atoms with Gasteiger partial charge < -0.3 is 24.8 Å². The van der Waals surface area contributed by atoms with Crippen molar-refractivity contribution in [3.8, 4) is 5.75 Å². The first-order valence-corrected chi connectivity index (χ1v) is 12.4. The van der Waals surface area contributed by atoms with Crippen molar-refractivity contribution in [1.29, 1.82) is 0 Å². The Bertz CT molecular complexity index is 1390. The molecule has 1 aliphatic heterocycles. The summed E-state index contributed by atoms with van der Waals surface area (Å²) < 4.78 is 7.02. The van der Waals surface area contributed by atoms with Crippen molar-refractivity contribution in [1.82, 2.24) is 19.8 Å². The molecule has 2 heterocycles. The first-order chi connectivity index (χ1) is 17.7. The Kier molecular flexibility index (Phi) is 6.23. The number of ether oxygens (including phenoxy) is 1. The van der Waals surface area contributed by atoms with Crippen LogP contribution in [0.4, 0.5) is 5.69 Å². The maximum Gasteiger partial charge on any atom is 0.276 e. The lowest BCUT2D eigenvalue weighted by atomic mass is 9.93. The van der Waals surface area contributed by atoms with Crippen molar-refractivity contribution in [2.24, 2.45) is 0 Å². The third kappa shape index (κ3) is 4.34. The Labute approximate surface area is 215 Å². The highest BCUT2D eigenvalue weighted by Crippen LogP contribution is 2.39. The van der Waals surface area contributed by atoms with Gasteiger partial charge in [0.15, 0.2) is 5.69 Å². The van der Waals surface area contributed by atoms with E-state index in [4.69, 9.17) is 4.74 Å². The Morgan fingerprint density at radius 1 is 1.14 bits per heavy atom. The van der Waals surface area contributed by atoms with Crippen molar-refractivity contribution < 1.29 is 19.1 Å². The first-order valence-electron chi connectivity index (χ1n) is 12.4. The van der Waals surface area contributed by atoms with E-state index >= 15 is 0 Å². The standard InChI is InChI=1S/C28H31N5O4/c1-17-8-7-10-21(18(17)2)31-25(34)23-24-26(35)33(20-12-13-20)28(3,15-32(24)16-30-23)27(36)29-14-19-9-5-6-11-22(19)37-4/h5-11,16,20H,12-15H2,1-4H3,(H,29,36)(H,31,34)/t28-/m0/s1. The van der Waals surface area contributed by atoms with Crippen molar-refractivity contribution in [3.05, 3.63) is 76.9 Å². The number of anilines is 1. The largest absolute Gasteiger partial charge is 0.496 e. The van der Waals surface area contributed by atoms with Crippen molar-refractivity contribution >= 4 is 23.4 Å². The van der Waals surface area contributed by atoms with E-state index < -0.39 is 11.4 Å². The molecular weight excluding hydrogens is 470 g/mol. The van der Waals surface area contributed by atoms with Crippen LogP contribution in [-0.2, 0) is 17.9 Å². The van der Waals surface area contributed by atoms with E-state index in [0.29, 0.717) is 11.4 Å². The molecule has 1 aromatic heterocycles. The summed E-state index contributed by atoms with van der Waals surface area (Å²) in [5, 5.41) is 5.90. The molecule has 5 rings (SSSR count). The highest BCUT2D eigenvalue weighted by atomic mass is 16.5. The molecule has 9 heteroatoms. The number of rotatable bonds is 7. The lowest BCUT2D eigenvalue weighted by molar-refractivity contribution is -0.133. The Balaban J connectivity index is 1.41. The molecular formula is C28H31N5O4. The van der Waals surface area contributed by atoms with Gasteiger partial charge in [-0.1, -0.05) is 30.3 Å². The number of amides is 3. The zero-order valence-electron chi connectivity index (χ0n) is 21.5. The number of fused-ring (bicyclic) bond motifs is 1. The molecule has 0 spiro atoms. The van der Waals surface area contributed by atoms with Crippen LogP contribution < -0.4 is 15.4 Å². The van der Waals surface area contributed by atoms with E-state index in [-0.39, 0.29) is 42.3 Å². The van der Waals surface area contributed by atoms with Crippen LogP contribution in [0, 0.1) is 13.8 Å². The quantitative estimate of drug-likeness (QED) is 0.516. The number of hydrogen-bond acceptors (Lipinski definition) is 5.